The number of ether oxygens (including phenoxy) is 1. The van der Waals surface area contributed by atoms with E-state index in [1.54, 1.807) is 0 Å². The predicted octanol–water partition coefficient (Wildman–Crippen LogP) is 3.23. The normalized spacial score (nSPS) is 30.6. The Kier molecular flexibility index (Phi) is 5.26. The van der Waals surface area contributed by atoms with Gasteiger partial charge < -0.3 is 9.64 Å². The molecule has 3 atom stereocenters. The molecule has 3 nitrogen and oxygen atoms in total. The van der Waals surface area contributed by atoms with Crippen LogP contribution >= 0.6 is 0 Å². The van der Waals surface area contributed by atoms with Gasteiger partial charge in [-0.05, 0) is 44.4 Å². The SMILES string of the molecule is CCC1CC[C@@H](CC)N1C(=O)C(C)C1CCOCC1. The molecule has 2 rings (SSSR count). The molecule has 2 fully saturated rings. The lowest BCUT2D eigenvalue weighted by atomic mass is 9.86. The maximum atomic E-state index is 12.9. The van der Waals surface area contributed by atoms with Crippen molar-refractivity contribution < 1.29 is 9.53 Å². The number of rotatable bonds is 4. The van der Waals surface area contributed by atoms with Gasteiger partial charge in [-0.2, -0.15) is 0 Å². The minimum absolute atomic E-state index is 0.171. The fourth-order valence-corrected chi connectivity index (χ4v) is 3.78. The summed E-state index contributed by atoms with van der Waals surface area (Å²) < 4.78 is 5.41. The topological polar surface area (TPSA) is 29.5 Å². The smallest absolute Gasteiger partial charge is 0.226 e. The van der Waals surface area contributed by atoms with E-state index < -0.39 is 0 Å². The van der Waals surface area contributed by atoms with Crippen molar-refractivity contribution in [1.82, 2.24) is 4.90 Å². The predicted molar refractivity (Wildman–Crippen MR) is 76.9 cm³/mol. The first-order valence-electron chi connectivity index (χ1n) is 8.08. The van der Waals surface area contributed by atoms with Crippen molar-refractivity contribution in [2.75, 3.05) is 13.2 Å². The van der Waals surface area contributed by atoms with Crippen LogP contribution in [0.1, 0.15) is 59.3 Å². The number of likely N-dealkylation sites (tertiary alicyclic amines) is 1. The standard InChI is InChI=1S/C16H29NO2/c1-4-14-6-7-15(5-2)17(14)16(18)12(3)13-8-10-19-11-9-13/h12-15H,4-11H2,1-3H3/t12?,14-,15?/m1/s1. The van der Waals surface area contributed by atoms with Crippen molar-refractivity contribution >= 4 is 5.91 Å². The molecular weight excluding hydrogens is 238 g/mol. The highest BCUT2D eigenvalue weighted by Crippen LogP contribution is 2.33. The number of amides is 1. The molecular formula is C16H29NO2. The van der Waals surface area contributed by atoms with Crippen molar-refractivity contribution in [3.05, 3.63) is 0 Å². The minimum atomic E-state index is 0.171. The second-order valence-electron chi connectivity index (χ2n) is 6.19. The molecule has 2 aliphatic heterocycles. The maximum Gasteiger partial charge on any atom is 0.226 e. The molecule has 0 aliphatic carbocycles. The molecule has 2 saturated heterocycles. The maximum absolute atomic E-state index is 12.9. The molecule has 1 amide bonds. The number of nitrogens with zero attached hydrogens (tertiary/aromatic N) is 1. The molecule has 0 bridgehead atoms. The van der Waals surface area contributed by atoms with Gasteiger partial charge in [-0.25, -0.2) is 0 Å². The van der Waals surface area contributed by atoms with E-state index in [0.29, 0.717) is 23.9 Å². The van der Waals surface area contributed by atoms with Gasteiger partial charge in [0.15, 0.2) is 0 Å². The third kappa shape index (κ3) is 3.13. The highest BCUT2D eigenvalue weighted by molar-refractivity contribution is 5.79. The van der Waals surface area contributed by atoms with Crippen molar-refractivity contribution in [2.24, 2.45) is 11.8 Å². The summed E-state index contributed by atoms with van der Waals surface area (Å²) in [6, 6.07) is 0.972. The van der Waals surface area contributed by atoms with Crippen LogP contribution in [-0.2, 0) is 9.53 Å². The van der Waals surface area contributed by atoms with Gasteiger partial charge in [0, 0.05) is 31.2 Å². The lowest BCUT2D eigenvalue weighted by Gasteiger charge is -2.35. The van der Waals surface area contributed by atoms with Crippen LogP contribution in [0.4, 0.5) is 0 Å². The number of hydrogen-bond acceptors (Lipinski definition) is 2. The first kappa shape index (κ1) is 14.8. The Hall–Kier alpha value is -0.570. The molecule has 19 heavy (non-hydrogen) atoms. The van der Waals surface area contributed by atoms with Crippen LogP contribution in [0.15, 0.2) is 0 Å². The van der Waals surface area contributed by atoms with Crippen molar-refractivity contribution in [3.63, 3.8) is 0 Å². The Morgan fingerprint density at radius 3 is 2.11 bits per heavy atom. The second kappa shape index (κ2) is 6.74. The summed E-state index contributed by atoms with van der Waals surface area (Å²) in [4.78, 5) is 15.1. The zero-order valence-corrected chi connectivity index (χ0v) is 12.7. The fraction of sp³-hybridized carbons (Fsp3) is 0.938. The summed E-state index contributed by atoms with van der Waals surface area (Å²) in [5, 5.41) is 0. The zero-order valence-electron chi connectivity index (χ0n) is 12.7. The Morgan fingerprint density at radius 2 is 1.63 bits per heavy atom. The average molecular weight is 267 g/mol. The van der Waals surface area contributed by atoms with E-state index >= 15 is 0 Å². The molecule has 0 aromatic heterocycles. The van der Waals surface area contributed by atoms with Gasteiger partial charge in [0.1, 0.15) is 0 Å². The molecule has 110 valence electrons. The van der Waals surface area contributed by atoms with Crippen LogP contribution in [0.25, 0.3) is 0 Å². The summed E-state index contributed by atoms with van der Waals surface area (Å²) >= 11 is 0. The van der Waals surface area contributed by atoms with Crippen LogP contribution in [-0.4, -0.2) is 36.1 Å². The minimum Gasteiger partial charge on any atom is -0.381 e. The van der Waals surface area contributed by atoms with Gasteiger partial charge in [0.25, 0.3) is 0 Å². The van der Waals surface area contributed by atoms with E-state index in [2.05, 4.69) is 25.7 Å². The Morgan fingerprint density at radius 1 is 1.11 bits per heavy atom. The summed E-state index contributed by atoms with van der Waals surface area (Å²) in [5.41, 5.74) is 0. The molecule has 0 aromatic carbocycles. The van der Waals surface area contributed by atoms with E-state index in [0.717, 1.165) is 38.9 Å². The monoisotopic (exact) mass is 267 g/mol. The Labute approximate surface area is 117 Å². The third-order valence-electron chi connectivity index (χ3n) is 5.18. The quantitative estimate of drug-likeness (QED) is 0.782. The second-order valence-corrected chi connectivity index (χ2v) is 6.19. The largest absolute Gasteiger partial charge is 0.381 e. The van der Waals surface area contributed by atoms with Gasteiger partial charge in [0.05, 0.1) is 0 Å². The number of carbonyl (C=O) groups excluding carboxylic acids is 1. The molecule has 0 saturated carbocycles. The van der Waals surface area contributed by atoms with E-state index in [1.165, 1.54) is 12.8 Å². The highest BCUT2D eigenvalue weighted by Gasteiger charge is 2.38. The first-order chi connectivity index (χ1) is 9.19. The van der Waals surface area contributed by atoms with E-state index in [4.69, 9.17) is 4.74 Å². The molecule has 2 heterocycles. The van der Waals surface area contributed by atoms with Gasteiger partial charge in [-0.15, -0.1) is 0 Å². The third-order valence-corrected chi connectivity index (χ3v) is 5.18. The summed E-state index contributed by atoms with van der Waals surface area (Å²) in [6.45, 7) is 8.22. The van der Waals surface area contributed by atoms with Gasteiger partial charge in [-0.1, -0.05) is 20.8 Å². The van der Waals surface area contributed by atoms with E-state index in [1.807, 2.05) is 0 Å². The van der Waals surface area contributed by atoms with Crippen molar-refractivity contribution in [1.29, 1.82) is 0 Å². The average Bonchev–Trinajstić information content (AvgIpc) is 2.89. The van der Waals surface area contributed by atoms with E-state index in [-0.39, 0.29) is 5.92 Å². The molecule has 2 unspecified atom stereocenters. The fourth-order valence-electron chi connectivity index (χ4n) is 3.78. The number of carbonyl (C=O) groups is 1. The first-order valence-corrected chi connectivity index (χ1v) is 8.08. The molecule has 0 radical (unpaired) electrons. The van der Waals surface area contributed by atoms with Crippen molar-refractivity contribution in [2.45, 2.75) is 71.4 Å². The van der Waals surface area contributed by atoms with Crippen LogP contribution in [0, 0.1) is 11.8 Å². The molecule has 0 aromatic rings. The van der Waals surface area contributed by atoms with Gasteiger partial charge in [-0.3, -0.25) is 4.79 Å². The van der Waals surface area contributed by atoms with Crippen LogP contribution in [0.3, 0.4) is 0 Å². The van der Waals surface area contributed by atoms with Gasteiger partial charge in [0.2, 0.25) is 5.91 Å². The molecule has 3 heteroatoms. The Balaban J connectivity index is 2.03. The molecule has 2 aliphatic rings. The van der Waals surface area contributed by atoms with Crippen molar-refractivity contribution in [3.8, 4) is 0 Å². The number of hydrogen-bond donors (Lipinski definition) is 0. The molecule has 0 spiro atoms. The Bertz CT molecular complexity index is 287. The van der Waals surface area contributed by atoms with Crippen LogP contribution in [0.2, 0.25) is 0 Å². The zero-order chi connectivity index (χ0) is 13.8. The van der Waals surface area contributed by atoms with Crippen LogP contribution in [0.5, 0.6) is 0 Å². The lowest BCUT2D eigenvalue weighted by molar-refractivity contribution is -0.141. The van der Waals surface area contributed by atoms with Crippen LogP contribution < -0.4 is 0 Å². The summed E-state index contributed by atoms with van der Waals surface area (Å²) in [6.07, 6.45) is 6.69. The molecule has 0 N–H and O–H groups in total. The highest BCUT2D eigenvalue weighted by atomic mass is 16.5. The van der Waals surface area contributed by atoms with Gasteiger partial charge >= 0.3 is 0 Å². The lowest BCUT2D eigenvalue weighted by Crippen LogP contribution is -2.45. The summed E-state index contributed by atoms with van der Waals surface area (Å²) in [7, 11) is 0. The summed E-state index contributed by atoms with van der Waals surface area (Å²) in [5.74, 6) is 1.10. The van der Waals surface area contributed by atoms with E-state index in [9.17, 15) is 4.79 Å².